The Morgan fingerprint density at radius 2 is 1.40 bits per heavy atom. The Morgan fingerprint density at radius 1 is 0.850 bits per heavy atom. The van der Waals surface area contributed by atoms with E-state index in [1.165, 1.54) is 0 Å². The molecule has 0 radical (unpaired) electrons. The molecule has 0 aliphatic rings. The molecule has 0 saturated heterocycles. The van der Waals surface area contributed by atoms with Crippen LogP contribution in [-0.2, 0) is 4.79 Å². The number of thioether (sulfide) groups is 1. The number of aryl methyl sites for hydroxylation is 1. The van der Waals surface area contributed by atoms with Gasteiger partial charge in [0, 0.05) is 31.2 Å². The molecule has 0 amide bonds. The quantitative estimate of drug-likeness (QED) is 0.157. The molecule has 40 heavy (non-hydrogen) atoms. The maximum Gasteiger partial charge on any atom is 0.341 e. The number of ether oxygens (including phenoxy) is 1. The Labute approximate surface area is 255 Å². The molecule has 0 fully saturated rings. The van der Waals surface area contributed by atoms with Crippen LogP contribution in [0, 0.1) is 6.92 Å². The highest BCUT2D eigenvalue weighted by Crippen LogP contribution is 2.35. The highest BCUT2D eigenvalue weighted by atomic mass is 35.5. The van der Waals surface area contributed by atoms with E-state index in [0.717, 1.165) is 63.8 Å². The minimum atomic E-state index is -0.991. The molecule has 0 spiro atoms. The number of benzene rings is 3. The smallest absolute Gasteiger partial charge is 0.341 e. The lowest BCUT2D eigenvalue weighted by Gasteiger charge is -2.12. The lowest BCUT2D eigenvalue weighted by molar-refractivity contribution is -0.139. The standard InChI is InChI=1S/C32H24Cl2O3S3/c1-20-14-27(10-11-29(20)37-17-32(35)36)38-13-12-28(21-2-6-23(7-3-21)30-15-25(33)18-39-30)22-4-8-24(9-5-22)31-16-26(34)19-40-31/h2-12,14-16,18-19H,13,17H2,1H3,(H,35,36). The van der Waals surface area contributed by atoms with Crippen LogP contribution in [0.25, 0.3) is 26.5 Å². The third-order valence-corrected chi connectivity index (χ3v) is 9.71. The molecule has 5 aromatic rings. The number of rotatable bonds is 10. The number of aliphatic carboxylic acids is 1. The summed E-state index contributed by atoms with van der Waals surface area (Å²) in [6.45, 7) is 1.57. The van der Waals surface area contributed by atoms with Crippen molar-refractivity contribution in [3.63, 3.8) is 0 Å². The predicted octanol–water partition coefficient (Wildman–Crippen LogP) is 10.4. The van der Waals surface area contributed by atoms with Crippen molar-refractivity contribution in [3.8, 4) is 26.6 Å². The van der Waals surface area contributed by atoms with Gasteiger partial charge in [0.1, 0.15) is 5.75 Å². The van der Waals surface area contributed by atoms with Crippen molar-refractivity contribution in [2.75, 3.05) is 12.4 Å². The average Bonchev–Trinajstić information content (AvgIpc) is 3.59. The lowest BCUT2D eigenvalue weighted by Crippen LogP contribution is -2.09. The molecule has 0 aliphatic heterocycles. The molecule has 0 bridgehead atoms. The number of halogens is 2. The second kappa shape index (κ2) is 13.1. The van der Waals surface area contributed by atoms with Gasteiger partial charge in [-0.1, -0.05) is 77.8 Å². The topological polar surface area (TPSA) is 46.5 Å². The molecule has 0 unspecified atom stereocenters. The molecule has 5 rings (SSSR count). The van der Waals surface area contributed by atoms with E-state index < -0.39 is 5.97 Å². The Kier molecular flexibility index (Phi) is 9.35. The number of carboxylic acids is 1. The monoisotopic (exact) mass is 622 g/mol. The van der Waals surface area contributed by atoms with Gasteiger partial charge in [0.15, 0.2) is 6.61 Å². The highest BCUT2D eigenvalue weighted by molar-refractivity contribution is 7.99. The Morgan fingerprint density at radius 3 is 1.85 bits per heavy atom. The van der Waals surface area contributed by atoms with Gasteiger partial charge in [-0.15, -0.1) is 34.4 Å². The van der Waals surface area contributed by atoms with Gasteiger partial charge in [-0.25, -0.2) is 4.79 Å². The third kappa shape index (κ3) is 7.19. The number of carboxylic acid groups (broad SMARTS) is 1. The van der Waals surface area contributed by atoms with Crippen LogP contribution < -0.4 is 4.74 Å². The summed E-state index contributed by atoms with van der Waals surface area (Å²) in [6, 6.07) is 27.0. The molecule has 2 heterocycles. The summed E-state index contributed by atoms with van der Waals surface area (Å²) in [4.78, 5) is 14.2. The van der Waals surface area contributed by atoms with Crippen LogP contribution in [0.5, 0.6) is 5.75 Å². The zero-order valence-corrected chi connectivity index (χ0v) is 25.4. The van der Waals surface area contributed by atoms with Crippen molar-refractivity contribution in [1.29, 1.82) is 0 Å². The number of thiophene rings is 2. The van der Waals surface area contributed by atoms with Gasteiger partial charge in [-0.2, -0.15) is 0 Å². The van der Waals surface area contributed by atoms with Gasteiger partial charge in [0.25, 0.3) is 0 Å². The van der Waals surface area contributed by atoms with Crippen molar-refractivity contribution in [3.05, 3.63) is 122 Å². The van der Waals surface area contributed by atoms with Gasteiger partial charge in [-0.3, -0.25) is 0 Å². The maximum atomic E-state index is 10.8. The summed E-state index contributed by atoms with van der Waals surface area (Å²) in [7, 11) is 0. The van der Waals surface area contributed by atoms with E-state index in [1.54, 1.807) is 34.4 Å². The third-order valence-electron chi connectivity index (χ3n) is 6.13. The van der Waals surface area contributed by atoms with Gasteiger partial charge in [0.2, 0.25) is 0 Å². The zero-order chi connectivity index (χ0) is 28.1. The van der Waals surface area contributed by atoms with E-state index in [0.29, 0.717) is 5.75 Å². The van der Waals surface area contributed by atoms with Crippen LogP contribution in [-0.4, -0.2) is 23.4 Å². The Balaban J connectivity index is 1.39. The van der Waals surface area contributed by atoms with Crippen molar-refractivity contribution < 1.29 is 14.6 Å². The fraction of sp³-hybridized carbons (Fsp3) is 0.0938. The largest absolute Gasteiger partial charge is 0.482 e. The SMILES string of the molecule is Cc1cc(SCC=C(c2ccc(-c3cc(Cl)cs3)cc2)c2ccc(-c3cc(Cl)cs3)cc2)ccc1OCC(=O)O. The van der Waals surface area contributed by atoms with Crippen LogP contribution in [0.4, 0.5) is 0 Å². The van der Waals surface area contributed by atoms with Gasteiger partial charge in [-0.05, 0) is 70.6 Å². The normalized spacial score (nSPS) is 10.9. The minimum Gasteiger partial charge on any atom is -0.482 e. The van der Waals surface area contributed by atoms with Crippen LogP contribution >= 0.6 is 57.6 Å². The lowest BCUT2D eigenvalue weighted by atomic mass is 9.95. The zero-order valence-electron chi connectivity index (χ0n) is 21.4. The van der Waals surface area contributed by atoms with Crippen molar-refractivity contribution in [2.45, 2.75) is 11.8 Å². The fourth-order valence-corrected chi connectivity index (χ4v) is 7.22. The summed E-state index contributed by atoms with van der Waals surface area (Å²) in [5, 5.41) is 14.3. The summed E-state index contributed by atoms with van der Waals surface area (Å²) < 4.78 is 5.36. The van der Waals surface area contributed by atoms with Crippen LogP contribution in [0.3, 0.4) is 0 Å². The van der Waals surface area contributed by atoms with Crippen molar-refractivity contribution >= 4 is 69.2 Å². The molecular weight excluding hydrogens is 599 g/mol. The summed E-state index contributed by atoms with van der Waals surface area (Å²) in [6.07, 6.45) is 2.25. The molecule has 202 valence electrons. The van der Waals surface area contributed by atoms with E-state index in [4.69, 9.17) is 33.0 Å². The second-order valence-corrected chi connectivity index (χ2v) is 12.7. The van der Waals surface area contributed by atoms with E-state index in [-0.39, 0.29) is 6.61 Å². The number of hydrogen-bond donors (Lipinski definition) is 1. The predicted molar refractivity (Wildman–Crippen MR) is 172 cm³/mol. The molecule has 1 N–H and O–H groups in total. The summed E-state index contributed by atoms with van der Waals surface area (Å²) >= 11 is 17.3. The Bertz CT molecular complexity index is 1570. The first kappa shape index (κ1) is 28.5. The number of hydrogen-bond acceptors (Lipinski definition) is 5. The fourth-order valence-electron chi connectivity index (χ4n) is 4.19. The molecular formula is C32H24Cl2O3S3. The maximum absolute atomic E-state index is 10.8. The highest BCUT2D eigenvalue weighted by Gasteiger charge is 2.10. The molecule has 0 aliphatic carbocycles. The molecule has 3 aromatic carbocycles. The first-order valence-electron chi connectivity index (χ1n) is 12.3. The molecule has 3 nitrogen and oxygen atoms in total. The van der Waals surface area contributed by atoms with Gasteiger partial charge >= 0.3 is 5.97 Å². The first-order chi connectivity index (χ1) is 19.4. The van der Waals surface area contributed by atoms with E-state index in [9.17, 15) is 4.79 Å². The van der Waals surface area contributed by atoms with Crippen molar-refractivity contribution in [1.82, 2.24) is 0 Å². The van der Waals surface area contributed by atoms with Crippen LogP contribution in [0.1, 0.15) is 16.7 Å². The van der Waals surface area contributed by atoms with Crippen molar-refractivity contribution in [2.24, 2.45) is 0 Å². The van der Waals surface area contributed by atoms with E-state index in [2.05, 4.69) is 54.6 Å². The van der Waals surface area contributed by atoms with Gasteiger partial charge in [0.05, 0.1) is 10.0 Å². The van der Waals surface area contributed by atoms with Crippen LogP contribution in [0.2, 0.25) is 10.0 Å². The van der Waals surface area contributed by atoms with E-state index >= 15 is 0 Å². The summed E-state index contributed by atoms with van der Waals surface area (Å²) in [5.41, 5.74) is 6.60. The minimum absolute atomic E-state index is 0.351. The molecule has 0 atom stereocenters. The van der Waals surface area contributed by atoms with Crippen LogP contribution in [0.15, 0.2) is 101 Å². The second-order valence-electron chi connectivity index (χ2n) is 8.95. The van der Waals surface area contributed by atoms with Gasteiger partial charge < -0.3 is 9.84 Å². The average molecular weight is 624 g/mol. The molecule has 2 aromatic heterocycles. The molecule has 8 heteroatoms. The summed E-state index contributed by atoms with van der Waals surface area (Å²) in [5.74, 6) is 0.353. The van der Waals surface area contributed by atoms with E-state index in [1.807, 2.05) is 48.0 Å². The number of carbonyl (C=O) groups is 1. The molecule has 0 saturated carbocycles. The Hall–Kier alpha value is -3.00. The first-order valence-corrected chi connectivity index (χ1v) is 15.8.